The van der Waals surface area contributed by atoms with E-state index in [1.54, 1.807) is 18.3 Å². The molecule has 0 aliphatic rings. The number of thioether (sulfide) groups is 1. The molecule has 0 bridgehead atoms. The number of aromatic nitrogens is 2. The summed E-state index contributed by atoms with van der Waals surface area (Å²) < 4.78 is 10.3. The molecule has 1 N–H and O–H groups in total. The molecule has 1 amide bonds. The predicted molar refractivity (Wildman–Crippen MR) is 103 cm³/mol. The molecule has 0 aliphatic heterocycles. The summed E-state index contributed by atoms with van der Waals surface area (Å²) in [5, 5.41) is 7.27. The van der Waals surface area contributed by atoms with Gasteiger partial charge in [0.1, 0.15) is 10.8 Å². The lowest BCUT2D eigenvalue weighted by Crippen LogP contribution is -2.38. The van der Waals surface area contributed by atoms with Crippen LogP contribution in [0, 0.1) is 19.8 Å². The minimum Gasteiger partial charge on any atom is -0.452 e. The number of hydrogen-bond donors (Lipinski definition) is 1. The molecule has 1 atom stereocenters. The number of carbonyl (C=O) groups excluding carboxylic acids is 2. The minimum absolute atomic E-state index is 0.00996. The first kappa shape index (κ1) is 21.0. The van der Waals surface area contributed by atoms with Crippen LogP contribution < -0.4 is 5.32 Å². The maximum Gasteiger partial charge on any atom is 0.341 e. The number of ether oxygens (including phenoxy) is 1. The second kappa shape index (κ2) is 9.55. The average Bonchev–Trinajstić information content (AvgIpc) is 2.96. The van der Waals surface area contributed by atoms with Crippen LogP contribution in [0.15, 0.2) is 27.9 Å². The molecular weight excluding hydrogens is 366 g/mol. The summed E-state index contributed by atoms with van der Waals surface area (Å²) in [5.74, 6) is 0.728. The van der Waals surface area contributed by atoms with Crippen molar-refractivity contribution in [2.75, 3.05) is 6.61 Å². The van der Waals surface area contributed by atoms with E-state index in [1.807, 2.05) is 34.6 Å². The summed E-state index contributed by atoms with van der Waals surface area (Å²) in [7, 11) is 0. The first-order chi connectivity index (χ1) is 12.8. The van der Waals surface area contributed by atoms with E-state index in [9.17, 15) is 9.59 Å². The lowest BCUT2D eigenvalue weighted by molar-refractivity contribution is -0.125. The number of carbonyl (C=O) groups is 2. The smallest absolute Gasteiger partial charge is 0.341 e. The number of nitrogens with zero attached hydrogens (tertiary/aromatic N) is 2. The zero-order valence-corrected chi connectivity index (χ0v) is 17.1. The molecule has 0 fully saturated rings. The van der Waals surface area contributed by atoms with Crippen molar-refractivity contribution in [3.63, 3.8) is 0 Å². The Hall–Kier alpha value is -2.35. The summed E-state index contributed by atoms with van der Waals surface area (Å²) in [6, 6.07) is 3.31. The highest BCUT2D eigenvalue weighted by atomic mass is 32.2. The molecule has 0 spiro atoms. The summed E-state index contributed by atoms with van der Waals surface area (Å²) in [4.78, 5) is 28.6. The van der Waals surface area contributed by atoms with E-state index in [4.69, 9.17) is 9.26 Å². The molecular formula is C19H25N3O4S. The van der Waals surface area contributed by atoms with Gasteiger partial charge in [-0.15, -0.1) is 11.8 Å². The van der Waals surface area contributed by atoms with Crippen molar-refractivity contribution in [2.45, 2.75) is 51.4 Å². The van der Waals surface area contributed by atoms with E-state index in [0.29, 0.717) is 22.3 Å². The van der Waals surface area contributed by atoms with Gasteiger partial charge in [-0.25, -0.2) is 9.78 Å². The van der Waals surface area contributed by atoms with Crippen molar-refractivity contribution >= 4 is 23.6 Å². The fourth-order valence-corrected chi connectivity index (χ4v) is 3.32. The van der Waals surface area contributed by atoms with E-state index < -0.39 is 5.97 Å². The maximum absolute atomic E-state index is 12.4. The predicted octanol–water partition coefficient (Wildman–Crippen LogP) is 3.30. The van der Waals surface area contributed by atoms with Gasteiger partial charge in [0.2, 0.25) is 0 Å². The van der Waals surface area contributed by atoms with Crippen LogP contribution in [0.5, 0.6) is 0 Å². The summed E-state index contributed by atoms with van der Waals surface area (Å²) in [6.45, 7) is 9.33. The van der Waals surface area contributed by atoms with Crippen LogP contribution in [0.1, 0.15) is 48.1 Å². The van der Waals surface area contributed by atoms with Crippen molar-refractivity contribution in [1.82, 2.24) is 15.5 Å². The first-order valence-electron chi connectivity index (χ1n) is 8.75. The van der Waals surface area contributed by atoms with Gasteiger partial charge in [0.15, 0.2) is 6.61 Å². The number of nitrogens with one attached hydrogen (secondary N) is 1. The fourth-order valence-electron chi connectivity index (χ4n) is 2.18. The molecule has 2 aromatic rings. The highest BCUT2D eigenvalue weighted by Crippen LogP contribution is 2.27. The van der Waals surface area contributed by atoms with Gasteiger partial charge in [-0.3, -0.25) is 4.79 Å². The number of amides is 1. The normalized spacial score (nSPS) is 12.1. The lowest BCUT2D eigenvalue weighted by atomic mass is 10.1. The van der Waals surface area contributed by atoms with Crippen molar-refractivity contribution in [3.8, 4) is 0 Å². The molecule has 8 heteroatoms. The molecule has 0 saturated heterocycles. The van der Waals surface area contributed by atoms with Crippen LogP contribution in [0.3, 0.4) is 0 Å². The molecule has 146 valence electrons. The fraction of sp³-hybridized carbons (Fsp3) is 0.474. The number of pyridine rings is 1. The Morgan fingerprint density at radius 2 is 2.04 bits per heavy atom. The Morgan fingerprint density at radius 3 is 2.67 bits per heavy atom. The van der Waals surface area contributed by atoms with E-state index in [-0.39, 0.29) is 18.6 Å². The third kappa shape index (κ3) is 5.82. The lowest BCUT2D eigenvalue weighted by Gasteiger charge is -2.17. The summed E-state index contributed by atoms with van der Waals surface area (Å²) in [5.41, 5.74) is 2.13. The van der Waals surface area contributed by atoms with Gasteiger partial charge < -0.3 is 14.6 Å². The monoisotopic (exact) mass is 391 g/mol. The Balaban J connectivity index is 1.98. The molecule has 2 rings (SSSR count). The van der Waals surface area contributed by atoms with Gasteiger partial charge in [0, 0.05) is 23.6 Å². The molecule has 0 aliphatic carbocycles. The SMILES string of the molecule is Cc1noc(C)c1CSc1ncccc1C(=O)OCC(=O)NC(C)C(C)C. The highest BCUT2D eigenvalue weighted by Gasteiger charge is 2.18. The second-order valence-electron chi connectivity index (χ2n) is 6.62. The number of aryl methyl sites for hydroxylation is 2. The third-order valence-corrected chi connectivity index (χ3v) is 5.28. The van der Waals surface area contributed by atoms with Gasteiger partial charge >= 0.3 is 5.97 Å². The van der Waals surface area contributed by atoms with Gasteiger partial charge in [-0.2, -0.15) is 0 Å². The number of rotatable bonds is 8. The molecule has 1 unspecified atom stereocenters. The van der Waals surface area contributed by atoms with Gasteiger partial charge in [-0.1, -0.05) is 19.0 Å². The Kier molecular flexibility index (Phi) is 7.41. The molecule has 27 heavy (non-hydrogen) atoms. The van der Waals surface area contributed by atoms with Crippen LogP contribution in [0.4, 0.5) is 0 Å². The van der Waals surface area contributed by atoms with Crippen LogP contribution in [0.2, 0.25) is 0 Å². The Morgan fingerprint density at radius 1 is 1.30 bits per heavy atom. The molecule has 2 aromatic heterocycles. The summed E-state index contributed by atoms with van der Waals surface area (Å²) in [6.07, 6.45) is 1.61. The molecule has 0 aromatic carbocycles. The second-order valence-corrected chi connectivity index (χ2v) is 7.59. The van der Waals surface area contributed by atoms with E-state index in [2.05, 4.69) is 15.5 Å². The largest absolute Gasteiger partial charge is 0.452 e. The van der Waals surface area contributed by atoms with Crippen molar-refractivity contribution < 1.29 is 18.8 Å². The first-order valence-corrected chi connectivity index (χ1v) is 9.74. The molecule has 2 heterocycles. The molecule has 0 saturated carbocycles. The molecule has 7 nitrogen and oxygen atoms in total. The van der Waals surface area contributed by atoms with E-state index >= 15 is 0 Å². The quantitative estimate of drug-likeness (QED) is 0.545. The van der Waals surface area contributed by atoms with Gasteiger partial charge in [0.05, 0.1) is 11.3 Å². The molecule has 0 radical (unpaired) electrons. The minimum atomic E-state index is -0.572. The number of esters is 1. The van der Waals surface area contributed by atoms with E-state index in [1.165, 1.54) is 11.8 Å². The van der Waals surface area contributed by atoms with Crippen LogP contribution in [0.25, 0.3) is 0 Å². The average molecular weight is 391 g/mol. The Labute approximate surface area is 163 Å². The summed E-state index contributed by atoms with van der Waals surface area (Å²) >= 11 is 1.40. The third-order valence-electron chi connectivity index (χ3n) is 4.25. The Bertz CT molecular complexity index is 785. The van der Waals surface area contributed by atoms with Crippen LogP contribution in [-0.4, -0.2) is 34.7 Å². The maximum atomic E-state index is 12.4. The van der Waals surface area contributed by atoms with Gasteiger partial charge in [-0.05, 0) is 38.8 Å². The van der Waals surface area contributed by atoms with Crippen LogP contribution >= 0.6 is 11.8 Å². The standard InChI is InChI=1S/C19H25N3O4S/c1-11(2)12(3)21-17(23)9-25-19(24)15-7-6-8-20-18(15)27-10-16-13(4)22-26-14(16)5/h6-8,11-12H,9-10H2,1-5H3,(H,21,23). The zero-order valence-electron chi connectivity index (χ0n) is 16.2. The van der Waals surface area contributed by atoms with Gasteiger partial charge in [0.25, 0.3) is 5.91 Å². The topological polar surface area (TPSA) is 94.3 Å². The highest BCUT2D eigenvalue weighted by molar-refractivity contribution is 7.98. The van der Waals surface area contributed by atoms with Crippen molar-refractivity contribution in [3.05, 3.63) is 40.9 Å². The number of hydrogen-bond acceptors (Lipinski definition) is 7. The van der Waals surface area contributed by atoms with E-state index in [0.717, 1.165) is 17.0 Å². The van der Waals surface area contributed by atoms with Crippen molar-refractivity contribution in [2.24, 2.45) is 5.92 Å². The van der Waals surface area contributed by atoms with Crippen LogP contribution in [-0.2, 0) is 15.3 Å². The van der Waals surface area contributed by atoms with Crippen molar-refractivity contribution in [1.29, 1.82) is 0 Å². The zero-order chi connectivity index (χ0) is 20.0.